The quantitative estimate of drug-likeness (QED) is 0.576. The van der Waals surface area contributed by atoms with Crippen molar-refractivity contribution in [2.24, 2.45) is 0 Å². The topological polar surface area (TPSA) is 56.3 Å². The molecule has 1 aromatic heterocycles. The number of rotatable bonds is 6. The summed E-state index contributed by atoms with van der Waals surface area (Å²) in [6.07, 6.45) is 2.31. The second kappa shape index (κ2) is 7.96. The highest BCUT2D eigenvalue weighted by Gasteiger charge is 2.15. The molecule has 1 heterocycles. The van der Waals surface area contributed by atoms with Crippen LogP contribution in [-0.2, 0) is 22.0 Å². The Morgan fingerprint density at radius 3 is 2.67 bits per heavy atom. The summed E-state index contributed by atoms with van der Waals surface area (Å²) in [5.41, 5.74) is 1.37. The Hall–Kier alpha value is -2.60. The third kappa shape index (κ3) is 3.90. The second-order valence-electron chi connectivity index (χ2n) is 6.47. The van der Waals surface area contributed by atoms with Gasteiger partial charge in [0.05, 0.1) is 16.3 Å². The van der Waals surface area contributed by atoms with Crippen molar-refractivity contribution in [1.82, 2.24) is 4.98 Å². The van der Waals surface area contributed by atoms with Gasteiger partial charge in [-0.2, -0.15) is 0 Å². The third-order valence-electron chi connectivity index (χ3n) is 4.27. The van der Waals surface area contributed by atoms with Crippen LogP contribution in [0.25, 0.3) is 10.9 Å². The Kier molecular flexibility index (Phi) is 5.65. The number of benzene rings is 2. The molecule has 0 aliphatic rings. The number of hydrogen-bond acceptors (Lipinski definition) is 4. The van der Waals surface area contributed by atoms with Gasteiger partial charge in [-0.1, -0.05) is 19.9 Å². The molecule has 0 saturated heterocycles. The third-order valence-corrected chi connectivity index (χ3v) is 5.85. The minimum absolute atomic E-state index is 0.00908. The molecule has 0 saturated carbocycles. The van der Waals surface area contributed by atoms with Crippen LogP contribution in [0.4, 0.5) is 4.39 Å². The number of nitrogens with zero attached hydrogens (tertiary/aromatic N) is 1. The summed E-state index contributed by atoms with van der Waals surface area (Å²) in [4.78, 5) is 15.7. The van der Waals surface area contributed by atoms with Crippen molar-refractivity contribution < 1.29 is 18.1 Å². The van der Waals surface area contributed by atoms with E-state index in [0.29, 0.717) is 44.7 Å². The van der Waals surface area contributed by atoms with E-state index in [1.54, 1.807) is 49.5 Å². The smallest absolute Gasteiger partial charge is 0.138 e. The van der Waals surface area contributed by atoms with Crippen LogP contribution < -0.4 is 4.74 Å². The van der Waals surface area contributed by atoms with E-state index in [2.05, 4.69) is 4.98 Å². The van der Waals surface area contributed by atoms with Crippen molar-refractivity contribution >= 4 is 28.0 Å². The molecule has 0 fully saturated rings. The number of aromatic nitrogens is 1. The van der Waals surface area contributed by atoms with Gasteiger partial charge < -0.3 is 9.53 Å². The van der Waals surface area contributed by atoms with Gasteiger partial charge in [0, 0.05) is 33.7 Å². The average molecular weight is 385 g/mol. The number of aldehydes is 1. The van der Waals surface area contributed by atoms with Gasteiger partial charge in [0.2, 0.25) is 0 Å². The van der Waals surface area contributed by atoms with Crippen LogP contribution in [0, 0.1) is 12.7 Å². The van der Waals surface area contributed by atoms with E-state index < -0.39 is 16.6 Å². The molecule has 3 rings (SSSR count). The zero-order chi connectivity index (χ0) is 19.6. The van der Waals surface area contributed by atoms with Crippen LogP contribution in [0.1, 0.15) is 25.0 Å². The fourth-order valence-corrected chi connectivity index (χ4v) is 3.77. The molecule has 4 nitrogen and oxygen atoms in total. The van der Waals surface area contributed by atoms with E-state index in [0.717, 1.165) is 0 Å². The summed E-state index contributed by atoms with van der Waals surface area (Å²) in [6.45, 7) is 5.41. The monoisotopic (exact) mass is 385 g/mol. The molecule has 140 valence electrons. The Labute approximate surface area is 159 Å². The highest BCUT2D eigenvalue weighted by molar-refractivity contribution is 7.85. The molecule has 3 aromatic rings. The van der Waals surface area contributed by atoms with Crippen molar-refractivity contribution in [2.75, 3.05) is 0 Å². The van der Waals surface area contributed by atoms with Crippen LogP contribution in [-0.4, -0.2) is 20.7 Å². The molecule has 1 atom stereocenters. The molecule has 0 amide bonds. The molecule has 6 heteroatoms. The number of fused-ring (bicyclic) bond motifs is 1. The van der Waals surface area contributed by atoms with E-state index in [9.17, 15) is 13.4 Å². The summed E-state index contributed by atoms with van der Waals surface area (Å²) >= 11 is 0. The normalized spacial score (nSPS) is 12.3. The predicted octanol–water partition coefficient (Wildman–Crippen LogP) is 4.73. The molecule has 0 bridgehead atoms. The maximum absolute atomic E-state index is 14.4. The van der Waals surface area contributed by atoms with Crippen LogP contribution in [0.2, 0.25) is 0 Å². The summed E-state index contributed by atoms with van der Waals surface area (Å²) in [5.74, 6) is 0.429. The number of hydrogen-bond donors (Lipinski definition) is 0. The largest absolute Gasteiger partial charge is 0.456 e. The maximum atomic E-state index is 14.4. The lowest BCUT2D eigenvalue weighted by Crippen LogP contribution is -2.05. The van der Waals surface area contributed by atoms with Gasteiger partial charge >= 0.3 is 0 Å². The van der Waals surface area contributed by atoms with Gasteiger partial charge in [-0.25, -0.2) is 4.39 Å². The molecular weight excluding hydrogens is 365 g/mol. The van der Waals surface area contributed by atoms with Crippen molar-refractivity contribution in [3.8, 4) is 11.5 Å². The maximum Gasteiger partial charge on any atom is 0.138 e. The molecule has 27 heavy (non-hydrogen) atoms. The number of carbonyl (C=O) groups is 1. The van der Waals surface area contributed by atoms with Crippen molar-refractivity contribution in [3.05, 3.63) is 59.5 Å². The molecule has 2 aromatic carbocycles. The van der Waals surface area contributed by atoms with E-state index in [1.807, 2.05) is 13.8 Å². The Morgan fingerprint density at radius 2 is 1.96 bits per heavy atom. The Bertz CT molecular complexity index is 1030. The minimum Gasteiger partial charge on any atom is -0.456 e. The lowest BCUT2D eigenvalue weighted by molar-refractivity contribution is -0.107. The number of pyridine rings is 1. The van der Waals surface area contributed by atoms with Gasteiger partial charge in [-0.3, -0.25) is 9.19 Å². The standard InChI is InChI=1S/C21H20FNO3S/c1-13(2)27(25)16-5-6-18-17(12-16)20(8-10-23-18)26-19-7-4-15(9-11-24)21(22)14(19)3/h4-8,10-13H,9H2,1-3H3. The fourth-order valence-electron chi connectivity index (χ4n) is 2.79. The molecule has 1 unspecified atom stereocenters. The van der Waals surface area contributed by atoms with Gasteiger partial charge in [-0.15, -0.1) is 0 Å². The first-order chi connectivity index (χ1) is 12.9. The lowest BCUT2D eigenvalue weighted by atomic mass is 10.1. The van der Waals surface area contributed by atoms with E-state index in [4.69, 9.17) is 4.74 Å². The molecule has 0 spiro atoms. The Morgan fingerprint density at radius 1 is 1.19 bits per heavy atom. The van der Waals surface area contributed by atoms with Gasteiger partial charge in [0.1, 0.15) is 23.6 Å². The predicted molar refractivity (Wildman–Crippen MR) is 104 cm³/mol. The first-order valence-corrected chi connectivity index (χ1v) is 9.82. The SMILES string of the molecule is Cc1c(Oc2ccnc3ccc(S(=O)C(C)C)cc23)ccc(CC=O)c1F. The first-order valence-electron chi connectivity index (χ1n) is 8.61. The van der Waals surface area contributed by atoms with Crippen LogP contribution in [0.3, 0.4) is 0 Å². The van der Waals surface area contributed by atoms with Gasteiger partial charge in [0.25, 0.3) is 0 Å². The van der Waals surface area contributed by atoms with Gasteiger partial charge in [0.15, 0.2) is 0 Å². The number of carbonyl (C=O) groups excluding carboxylic acids is 1. The molecule has 0 radical (unpaired) electrons. The molecule has 0 N–H and O–H groups in total. The van der Waals surface area contributed by atoms with Crippen LogP contribution in [0.5, 0.6) is 11.5 Å². The van der Waals surface area contributed by atoms with Crippen molar-refractivity contribution in [2.45, 2.75) is 37.3 Å². The summed E-state index contributed by atoms with van der Waals surface area (Å²) < 4.78 is 32.8. The zero-order valence-corrected chi connectivity index (χ0v) is 16.2. The highest BCUT2D eigenvalue weighted by Crippen LogP contribution is 2.33. The van der Waals surface area contributed by atoms with E-state index in [-0.39, 0.29) is 11.7 Å². The first kappa shape index (κ1) is 19.2. The van der Waals surface area contributed by atoms with Crippen molar-refractivity contribution in [3.63, 3.8) is 0 Å². The molecule has 0 aliphatic carbocycles. The molecule has 0 aliphatic heterocycles. The fraction of sp³-hybridized carbons (Fsp3) is 0.238. The summed E-state index contributed by atoms with van der Waals surface area (Å²) in [6, 6.07) is 10.3. The van der Waals surface area contributed by atoms with E-state index in [1.165, 1.54) is 0 Å². The lowest BCUT2D eigenvalue weighted by Gasteiger charge is -2.14. The van der Waals surface area contributed by atoms with Gasteiger partial charge in [-0.05, 0) is 42.8 Å². The van der Waals surface area contributed by atoms with Crippen LogP contribution in [0.15, 0.2) is 47.5 Å². The van der Waals surface area contributed by atoms with Crippen LogP contribution >= 0.6 is 0 Å². The average Bonchev–Trinajstić information content (AvgIpc) is 2.67. The molecular formula is C21H20FNO3S. The van der Waals surface area contributed by atoms with E-state index >= 15 is 0 Å². The number of ether oxygens (including phenoxy) is 1. The summed E-state index contributed by atoms with van der Waals surface area (Å²) in [7, 11) is -1.14. The number of halogens is 1. The summed E-state index contributed by atoms with van der Waals surface area (Å²) in [5, 5.41) is 0.700. The zero-order valence-electron chi connectivity index (χ0n) is 15.4. The van der Waals surface area contributed by atoms with Crippen molar-refractivity contribution in [1.29, 1.82) is 0 Å². The minimum atomic E-state index is -1.14. The highest BCUT2D eigenvalue weighted by atomic mass is 32.2. The Balaban J connectivity index is 2.04. The second-order valence-corrected chi connectivity index (χ2v) is 8.48.